The Bertz CT molecular complexity index is 542. The maximum absolute atomic E-state index is 11.2. The van der Waals surface area contributed by atoms with E-state index in [2.05, 4.69) is 22.5 Å². The largest absolute Gasteiger partial charge is 0.497 e. The summed E-state index contributed by atoms with van der Waals surface area (Å²) in [5, 5.41) is 11.2. The first-order valence-corrected chi connectivity index (χ1v) is 6.34. The summed E-state index contributed by atoms with van der Waals surface area (Å²) in [4.78, 5) is 10.7. The summed E-state index contributed by atoms with van der Waals surface area (Å²) in [6, 6.07) is 1.51. The van der Waals surface area contributed by atoms with Crippen molar-refractivity contribution in [2.75, 3.05) is 20.8 Å². The van der Waals surface area contributed by atoms with Gasteiger partial charge in [0.1, 0.15) is 11.1 Å². The van der Waals surface area contributed by atoms with Gasteiger partial charge in [0.05, 0.1) is 31.0 Å². The summed E-state index contributed by atoms with van der Waals surface area (Å²) in [6.07, 6.45) is 4.42. The minimum absolute atomic E-state index is 0.124. The molecule has 1 aromatic rings. The summed E-state index contributed by atoms with van der Waals surface area (Å²) >= 11 is 3.17. The van der Waals surface area contributed by atoms with Crippen LogP contribution >= 0.6 is 15.9 Å². The number of hydrogen-bond donors (Lipinski definition) is 0. The van der Waals surface area contributed by atoms with E-state index in [1.54, 1.807) is 6.08 Å². The minimum Gasteiger partial charge on any atom is -0.497 e. The van der Waals surface area contributed by atoms with Crippen LogP contribution in [0.15, 0.2) is 29.5 Å². The van der Waals surface area contributed by atoms with Gasteiger partial charge in [-0.3, -0.25) is 10.1 Å². The SMILES string of the molecule is C=CCO/C=C/c1cc(OC)c(OC)c(Br)c1[N+](=O)[O-]. The summed E-state index contributed by atoms with van der Waals surface area (Å²) in [5.74, 6) is 0.650. The Hall–Kier alpha value is -2.02. The maximum atomic E-state index is 11.2. The molecule has 0 saturated heterocycles. The topological polar surface area (TPSA) is 70.8 Å². The molecule has 1 aromatic carbocycles. The molecule has 6 nitrogen and oxygen atoms in total. The molecule has 0 atom stereocenters. The molecule has 0 unspecified atom stereocenters. The zero-order valence-corrected chi connectivity index (χ0v) is 12.7. The molecule has 0 fully saturated rings. The Morgan fingerprint density at radius 3 is 2.65 bits per heavy atom. The van der Waals surface area contributed by atoms with Crippen molar-refractivity contribution >= 4 is 27.7 Å². The average molecular weight is 344 g/mol. The van der Waals surface area contributed by atoms with E-state index in [1.807, 2.05) is 0 Å². The van der Waals surface area contributed by atoms with Crippen LogP contribution in [0.2, 0.25) is 0 Å². The van der Waals surface area contributed by atoms with Gasteiger partial charge in [-0.15, -0.1) is 0 Å². The lowest BCUT2D eigenvalue weighted by Crippen LogP contribution is -1.99. The molecule has 0 aromatic heterocycles. The van der Waals surface area contributed by atoms with Crippen LogP contribution in [0.5, 0.6) is 11.5 Å². The van der Waals surface area contributed by atoms with Crippen molar-refractivity contribution in [2.45, 2.75) is 0 Å². The molecular weight excluding hydrogens is 330 g/mol. The standard InChI is InChI=1S/C13H14BrNO5/c1-4-6-20-7-5-9-8-10(18-2)13(19-3)11(14)12(9)15(16)17/h4-5,7-8H,1,6H2,2-3H3/b7-5+. The first-order chi connectivity index (χ1) is 9.56. The molecule has 0 N–H and O–H groups in total. The Labute approximate surface area is 124 Å². The third kappa shape index (κ3) is 3.51. The molecular formula is C13H14BrNO5. The lowest BCUT2D eigenvalue weighted by Gasteiger charge is -2.11. The highest BCUT2D eigenvalue weighted by Crippen LogP contribution is 2.44. The quantitative estimate of drug-likeness (QED) is 0.249. The lowest BCUT2D eigenvalue weighted by molar-refractivity contribution is -0.386. The smallest absolute Gasteiger partial charge is 0.294 e. The van der Waals surface area contributed by atoms with Crippen LogP contribution in [-0.4, -0.2) is 25.7 Å². The highest BCUT2D eigenvalue weighted by atomic mass is 79.9. The molecule has 0 heterocycles. The molecule has 0 bridgehead atoms. The van der Waals surface area contributed by atoms with Crippen LogP contribution in [-0.2, 0) is 4.74 Å². The van der Waals surface area contributed by atoms with Gasteiger partial charge in [0.2, 0.25) is 0 Å². The van der Waals surface area contributed by atoms with E-state index in [4.69, 9.17) is 14.2 Å². The summed E-state index contributed by atoms with van der Waals surface area (Å²) in [7, 11) is 2.87. The highest BCUT2D eigenvalue weighted by molar-refractivity contribution is 9.10. The molecule has 108 valence electrons. The van der Waals surface area contributed by atoms with Gasteiger partial charge in [-0.25, -0.2) is 0 Å². The number of ether oxygens (including phenoxy) is 3. The van der Waals surface area contributed by atoms with Crippen LogP contribution < -0.4 is 9.47 Å². The molecule has 0 aliphatic heterocycles. The van der Waals surface area contributed by atoms with Crippen molar-refractivity contribution in [1.82, 2.24) is 0 Å². The van der Waals surface area contributed by atoms with Crippen molar-refractivity contribution < 1.29 is 19.1 Å². The first kappa shape index (κ1) is 16.0. The number of methoxy groups -OCH3 is 2. The van der Waals surface area contributed by atoms with E-state index < -0.39 is 4.92 Å². The van der Waals surface area contributed by atoms with Crippen molar-refractivity contribution in [3.05, 3.63) is 45.1 Å². The second kappa shape index (κ2) is 7.54. The van der Waals surface area contributed by atoms with Gasteiger partial charge in [0, 0.05) is 0 Å². The van der Waals surface area contributed by atoms with E-state index in [1.165, 1.54) is 32.6 Å². The van der Waals surface area contributed by atoms with E-state index in [9.17, 15) is 10.1 Å². The van der Waals surface area contributed by atoms with Crippen LogP contribution in [0.4, 0.5) is 5.69 Å². The molecule has 0 aliphatic carbocycles. The molecule has 0 saturated carbocycles. The average Bonchev–Trinajstić information content (AvgIpc) is 2.42. The fraction of sp³-hybridized carbons (Fsp3) is 0.231. The minimum atomic E-state index is -0.501. The third-order valence-corrected chi connectivity index (χ3v) is 3.09. The predicted molar refractivity (Wildman–Crippen MR) is 79.1 cm³/mol. The van der Waals surface area contributed by atoms with Gasteiger partial charge in [-0.2, -0.15) is 0 Å². The molecule has 1 rings (SSSR count). The number of rotatable bonds is 7. The van der Waals surface area contributed by atoms with Crippen LogP contribution in [0.1, 0.15) is 5.56 Å². The van der Waals surface area contributed by atoms with Gasteiger partial charge in [0.15, 0.2) is 11.5 Å². The summed E-state index contributed by atoms with van der Waals surface area (Å²) in [5.41, 5.74) is 0.213. The number of nitrogens with zero attached hydrogens (tertiary/aromatic N) is 1. The highest BCUT2D eigenvalue weighted by Gasteiger charge is 2.25. The van der Waals surface area contributed by atoms with Crippen molar-refractivity contribution in [2.24, 2.45) is 0 Å². The van der Waals surface area contributed by atoms with Gasteiger partial charge < -0.3 is 14.2 Å². The summed E-state index contributed by atoms with van der Waals surface area (Å²) < 4.78 is 15.6. The predicted octanol–water partition coefficient (Wildman–Crippen LogP) is 3.55. The van der Waals surface area contributed by atoms with Gasteiger partial charge >= 0.3 is 0 Å². The first-order valence-electron chi connectivity index (χ1n) is 5.54. The molecule has 0 aliphatic rings. The number of nitro groups is 1. The zero-order chi connectivity index (χ0) is 15.1. The van der Waals surface area contributed by atoms with Crippen molar-refractivity contribution in [3.63, 3.8) is 0 Å². The van der Waals surface area contributed by atoms with Crippen LogP contribution in [0, 0.1) is 10.1 Å². The Kier molecular flexibility index (Phi) is 6.05. The van der Waals surface area contributed by atoms with E-state index in [0.29, 0.717) is 17.9 Å². The second-order valence-electron chi connectivity index (χ2n) is 3.55. The third-order valence-electron chi connectivity index (χ3n) is 2.36. The number of hydrogen-bond acceptors (Lipinski definition) is 5. The Morgan fingerprint density at radius 2 is 2.15 bits per heavy atom. The van der Waals surface area contributed by atoms with Gasteiger partial charge in [-0.05, 0) is 28.1 Å². The number of nitro benzene ring substituents is 1. The van der Waals surface area contributed by atoms with Gasteiger partial charge in [-0.1, -0.05) is 12.7 Å². The monoisotopic (exact) mass is 343 g/mol. The normalized spacial score (nSPS) is 10.3. The van der Waals surface area contributed by atoms with Gasteiger partial charge in [0.25, 0.3) is 5.69 Å². The van der Waals surface area contributed by atoms with E-state index in [-0.39, 0.29) is 15.9 Å². The lowest BCUT2D eigenvalue weighted by atomic mass is 10.1. The fourth-order valence-electron chi connectivity index (χ4n) is 1.52. The van der Waals surface area contributed by atoms with Crippen LogP contribution in [0.3, 0.4) is 0 Å². The zero-order valence-electron chi connectivity index (χ0n) is 11.1. The van der Waals surface area contributed by atoms with Crippen molar-refractivity contribution in [1.29, 1.82) is 0 Å². The molecule has 20 heavy (non-hydrogen) atoms. The molecule has 7 heteroatoms. The molecule has 0 spiro atoms. The summed E-state index contributed by atoms with van der Waals surface area (Å²) in [6.45, 7) is 3.82. The van der Waals surface area contributed by atoms with Crippen molar-refractivity contribution in [3.8, 4) is 11.5 Å². The number of halogens is 1. The Morgan fingerprint density at radius 1 is 1.45 bits per heavy atom. The number of benzene rings is 1. The van der Waals surface area contributed by atoms with E-state index >= 15 is 0 Å². The maximum Gasteiger partial charge on any atom is 0.294 e. The van der Waals surface area contributed by atoms with Crippen LogP contribution in [0.25, 0.3) is 6.08 Å². The fourth-order valence-corrected chi connectivity index (χ4v) is 2.25. The Balaban J connectivity index is 3.33. The second-order valence-corrected chi connectivity index (χ2v) is 4.34. The van der Waals surface area contributed by atoms with E-state index in [0.717, 1.165) is 0 Å². The molecule has 0 amide bonds. The molecule has 0 radical (unpaired) electrons.